The molecule has 3 nitrogen and oxygen atoms in total. The predicted molar refractivity (Wildman–Crippen MR) is 77.3 cm³/mol. The summed E-state index contributed by atoms with van der Waals surface area (Å²) in [5, 5.41) is 3.26. The zero-order chi connectivity index (χ0) is 13.5. The van der Waals surface area contributed by atoms with E-state index >= 15 is 0 Å². The van der Waals surface area contributed by atoms with E-state index in [4.69, 9.17) is 4.74 Å². The molecule has 0 bridgehead atoms. The first kappa shape index (κ1) is 15.0. The minimum atomic E-state index is 0.314. The Hall–Kier alpha value is -1.06. The SMILES string of the molecule is CNC(C)c1ccc(C)cc1OCCCN(C)C. The Morgan fingerprint density at radius 1 is 1.33 bits per heavy atom. The van der Waals surface area contributed by atoms with Gasteiger partial charge in [-0.1, -0.05) is 12.1 Å². The molecule has 0 saturated heterocycles. The molecule has 1 rings (SSSR count). The normalized spacial score (nSPS) is 12.8. The molecule has 1 unspecified atom stereocenters. The van der Waals surface area contributed by atoms with Crippen molar-refractivity contribution in [2.45, 2.75) is 26.3 Å². The Bertz CT molecular complexity index is 364. The van der Waals surface area contributed by atoms with E-state index in [1.54, 1.807) is 0 Å². The molecule has 1 N–H and O–H groups in total. The lowest BCUT2D eigenvalue weighted by atomic mass is 10.1. The second-order valence-corrected chi connectivity index (χ2v) is 5.06. The summed E-state index contributed by atoms with van der Waals surface area (Å²) in [6.45, 7) is 6.08. The molecule has 0 aliphatic rings. The van der Waals surface area contributed by atoms with Gasteiger partial charge in [0.15, 0.2) is 0 Å². The first-order chi connectivity index (χ1) is 8.54. The molecule has 102 valence electrons. The Kier molecular flexibility index (Phi) is 6.16. The van der Waals surface area contributed by atoms with E-state index in [-0.39, 0.29) is 0 Å². The van der Waals surface area contributed by atoms with E-state index in [1.165, 1.54) is 11.1 Å². The van der Waals surface area contributed by atoms with Gasteiger partial charge in [0, 0.05) is 18.2 Å². The van der Waals surface area contributed by atoms with Gasteiger partial charge in [-0.3, -0.25) is 0 Å². The summed E-state index contributed by atoms with van der Waals surface area (Å²) in [7, 11) is 6.14. The summed E-state index contributed by atoms with van der Waals surface area (Å²) in [5.74, 6) is 1.01. The third-order valence-corrected chi connectivity index (χ3v) is 3.08. The van der Waals surface area contributed by atoms with Gasteiger partial charge in [0.25, 0.3) is 0 Å². The Morgan fingerprint density at radius 2 is 2.06 bits per heavy atom. The van der Waals surface area contributed by atoms with Crippen molar-refractivity contribution < 1.29 is 4.74 Å². The average molecular weight is 250 g/mol. The minimum absolute atomic E-state index is 0.314. The summed E-state index contributed by atoms with van der Waals surface area (Å²) in [4.78, 5) is 2.18. The van der Waals surface area contributed by atoms with Gasteiger partial charge < -0.3 is 15.0 Å². The van der Waals surface area contributed by atoms with E-state index in [1.807, 2.05) is 7.05 Å². The lowest BCUT2D eigenvalue weighted by Gasteiger charge is -2.17. The van der Waals surface area contributed by atoms with Gasteiger partial charge in [-0.15, -0.1) is 0 Å². The van der Waals surface area contributed by atoms with Crippen LogP contribution < -0.4 is 10.1 Å². The first-order valence-corrected chi connectivity index (χ1v) is 6.60. The topological polar surface area (TPSA) is 24.5 Å². The standard InChI is InChI=1S/C15H26N2O/c1-12-7-8-14(13(2)16-3)15(11-12)18-10-6-9-17(4)5/h7-8,11,13,16H,6,9-10H2,1-5H3. The van der Waals surface area contributed by atoms with Crippen LogP contribution in [-0.4, -0.2) is 39.2 Å². The highest BCUT2D eigenvalue weighted by Crippen LogP contribution is 2.26. The van der Waals surface area contributed by atoms with Crippen molar-refractivity contribution in [2.75, 3.05) is 34.3 Å². The van der Waals surface area contributed by atoms with Crippen molar-refractivity contribution >= 4 is 0 Å². The molecule has 0 aliphatic heterocycles. The van der Waals surface area contributed by atoms with Crippen molar-refractivity contribution in [3.8, 4) is 5.75 Å². The summed E-state index contributed by atoms with van der Waals surface area (Å²) in [5.41, 5.74) is 2.47. The maximum absolute atomic E-state index is 5.92. The Balaban J connectivity index is 2.64. The average Bonchev–Trinajstić information content (AvgIpc) is 2.33. The fraction of sp³-hybridized carbons (Fsp3) is 0.600. The summed E-state index contributed by atoms with van der Waals surface area (Å²) >= 11 is 0. The first-order valence-electron chi connectivity index (χ1n) is 6.60. The number of nitrogens with one attached hydrogen (secondary N) is 1. The minimum Gasteiger partial charge on any atom is -0.493 e. The van der Waals surface area contributed by atoms with Crippen molar-refractivity contribution in [1.29, 1.82) is 0 Å². The number of hydrogen-bond acceptors (Lipinski definition) is 3. The molecule has 0 saturated carbocycles. The van der Waals surface area contributed by atoms with E-state index in [2.05, 4.69) is 56.4 Å². The summed E-state index contributed by atoms with van der Waals surface area (Å²) in [6.07, 6.45) is 1.05. The van der Waals surface area contributed by atoms with E-state index < -0.39 is 0 Å². The molecule has 1 aromatic rings. The van der Waals surface area contributed by atoms with Gasteiger partial charge in [-0.2, -0.15) is 0 Å². The van der Waals surface area contributed by atoms with Crippen molar-refractivity contribution in [3.05, 3.63) is 29.3 Å². The summed E-state index contributed by atoms with van der Waals surface area (Å²) < 4.78 is 5.92. The molecule has 0 radical (unpaired) electrons. The van der Waals surface area contributed by atoms with Gasteiger partial charge in [-0.25, -0.2) is 0 Å². The second kappa shape index (κ2) is 7.39. The molecule has 0 aromatic heterocycles. The van der Waals surface area contributed by atoms with Crippen molar-refractivity contribution in [3.63, 3.8) is 0 Å². The van der Waals surface area contributed by atoms with Crippen LogP contribution in [0.1, 0.15) is 30.5 Å². The molecule has 0 fully saturated rings. The quantitative estimate of drug-likeness (QED) is 0.753. The van der Waals surface area contributed by atoms with Crippen LogP contribution in [-0.2, 0) is 0 Å². The maximum atomic E-state index is 5.92. The lowest BCUT2D eigenvalue weighted by Crippen LogP contribution is -2.17. The molecular formula is C15H26N2O. The number of ether oxygens (including phenoxy) is 1. The fourth-order valence-electron chi connectivity index (χ4n) is 1.84. The third kappa shape index (κ3) is 4.67. The van der Waals surface area contributed by atoms with E-state index in [0.717, 1.165) is 25.3 Å². The molecule has 1 atom stereocenters. The highest BCUT2D eigenvalue weighted by molar-refractivity contribution is 5.39. The zero-order valence-corrected chi connectivity index (χ0v) is 12.3. The lowest BCUT2D eigenvalue weighted by molar-refractivity contribution is 0.277. The highest BCUT2D eigenvalue weighted by atomic mass is 16.5. The molecule has 0 spiro atoms. The molecule has 3 heteroatoms. The number of hydrogen-bond donors (Lipinski definition) is 1. The zero-order valence-electron chi connectivity index (χ0n) is 12.3. The largest absolute Gasteiger partial charge is 0.493 e. The monoisotopic (exact) mass is 250 g/mol. The van der Waals surface area contributed by atoms with Crippen LogP contribution in [0.2, 0.25) is 0 Å². The third-order valence-electron chi connectivity index (χ3n) is 3.08. The van der Waals surface area contributed by atoms with Gasteiger partial charge in [-0.05, 0) is 53.0 Å². The van der Waals surface area contributed by atoms with Gasteiger partial charge in [0.05, 0.1) is 6.61 Å². The van der Waals surface area contributed by atoms with E-state index in [0.29, 0.717) is 6.04 Å². The Labute approximate surface area is 111 Å². The van der Waals surface area contributed by atoms with Crippen molar-refractivity contribution in [2.24, 2.45) is 0 Å². The number of rotatable bonds is 7. The van der Waals surface area contributed by atoms with Crippen LogP contribution in [0.5, 0.6) is 5.75 Å². The second-order valence-electron chi connectivity index (χ2n) is 5.06. The van der Waals surface area contributed by atoms with E-state index in [9.17, 15) is 0 Å². The molecule has 0 amide bonds. The number of benzene rings is 1. The smallest absolute Gasteiger partial charge is 0.124 e. The molecule has 1 aromatic carbocycles. The number of nitrogens with zero attached hydrogens (tertiary/aromatic N) is 1. The van der Waals surface area contributed by atoms with Crippen LogP contribution in [0, 0.1) is 6.92 Å². The summed E-state index contributed by atoms with van der Waals surface area (Å²) in [6, 6.07) is 6.72. The molecule has 0 heterocycles. The van der Waals surface area contributed by atoms with Gasteiger partial charge in [0.1, 0.15) is 5.75 Å². The van der Waals surface area contributed by atoms with Crippen LogP contribution in [0.15, 0.2) is 18.2 Å². The number of aryl methyl sites for hydroxylation is 1. The fourth-order valence-corrected chi connectivity index (χ4v) is 1.84. The molecule has 18 heavy (non-hydrogen) atoms. The van der Waals surface area contributed by atoms with Crippen LogP contribution >= 0.6 is 0 Å². The van der Waals surface area contributed by atoms with Crippen LogP contribution in [0.3, 0.4) is 0 Å². The maximum Gasteiger partial charge on any atom is 0.124 e. The molecule has 0 aliphatic carbocycles. The Morgan fingerprint density at radius 3 is 2.67 bits per heavy atom. The highest BCUT2D eigenvalue weighted by Gasteiger charge is 2.10. The predicted octanol–water partition coefficient (Wildman–Crippen LogP) is 2.61. The van der Waals surface area contributed by atoms with Crippen LogP contribution in [0.4, 0.5) is 0 Å². The van der Waals surface area contributed by atoms with Crippen LogP contribution in [0.25, 0.3) is 0 Å². The molecular weight excluding hydrogens is 224 g/mol. The van der Waals surface area contributed by atoms with Crippen molar-refractivity contribution in [1.82, 2.24) is 10.2 Å². The van der Waals surface area contributed by atoms with Gasteiger partial charge >= 0.3 is 0 Å². The van der Waals surface area contributed by atoms with Gasteiger partial charge in [0.2, 0.25) is 0 Å².